The minimum Gasteiger partial charge on any atom is -0.393 e. The highest BCUT2D eigenvalue weighted by Gasteiger charge is 2.31. The highest BCUT2D eigenvalue weighted by Crippen LogP contribution is 2.31. The first-order chi connectivity index (χ1) is 18.2. The first kappa shape index (κ1) is 23.7. The number of nitrogens with zero attached hydrogens (tertiary/aromatic N) is 4. The second-order valence-electron chi connectivity index (χ2n) is 10.3. The summed E-state index contributed by atoms with van der Waals surface area (Å²) in [6.45, 7) is 1.36. The number of hydrogen-bond acceptors (Lipinski definition) is 5. The first-order valence-electron chi connectivity index (χ1n) is 13.4. The standard InChI is InChI=1S/C30H33N5O2/c36-24-14-18-34(19-15-24)29(37)22-9-11-23(12-10-22)32-30-31-17-13-28(33-30)35-20-16-26-25(7-4-8-27(26)35)21-5-2-1-3-6-21/h1-8,13,16-17,20,22-24,36H,9-12,14-15,18-19H2,(H,31,32,33)/t22-,23-. The van der Waals surface area contributed by atoms with Gasteiger partial charge < -0.3 is 19.9 Å². The fraction of sp³-hybridized carbons (Fsp3) is 0.367. The molecule has 1 saturated carbocycles. The van der Waals surface area contributed by atoms with Gasteiger partial charge in [0.25, 0.3) is 0 Å². The minimum atomic E-state index is -0.254. The van der Waals surface area contributed by atoms with Gasteiger partial charge in [0.15, 0.2) is 0 Å². The number of carbonyl (C=O) groups is 1. The van der Waals surface area contributed by atoms with Gasteiger partial charge in [-0.2, -0.15) is 4.98 Å². The van der Waals surface area contributed by atoms with Gasteiger partial charge in [-0.1, -0.05) is 42.5 Å². The van der Waals surface area contributed by atoms with Crippen LogP contribution in [0.3, 0.4) is 0 Å². The molecule has 0 unspecified atom stereocenters. The van der Waals surface area contributed by atoms with Gasteiger partial charge >= 0.3 is 0 Å². The number of aliphatic hydroxyl groups is 1. The molecule has 0 radical (unpaired) electrons. The Bertz CT molecular complexity index is 1370. The summed E-state index contributed by atoms with van der Waals surface area (Å²) in [6, 6.07) is 21.2. The van der Waals surface area contributed by atoms with Gasteiger partial charge in [0.1, 0.15) is 5.82 Å². The summed E-state index contributed by atoms with van der Waals surface area (Å²) in [5, 5.41) is 14.4. The number of anilines is 1. The monoisotopic (exact) mass is 495 g/mol. The molecule has 4 aromatic rings. The number of carbonyl (C=O) groups excluding carboxylic acids is 1. The molecule has 1 amide bonds. The van der Waals surface area contributed by atoms with Crippen molar-refractivity contribution < 1.29 is 9.90 Å². The second-order valence-corrected chi connectivity index (χ2v) is 10.3. The van der Waals surface area contributed by atoms with Crippen LogP contribution in [0.4, 0.5) is 5.95 Å². The lowest BCUT2D eigenvalue weighted by atomic mass is 9.85. The van der Waals surface area contributed by atoms with Gasteiger partial charge in [-0.3, -0.25) is 4.79 Å². The third-order valence-corrected chi connectivity index (χ3v) is 7.89. The number of benzene rings is 2. The highest BCUT2D eigenvalue weighted by atomic mass is 16.3. The Morgan fingerprint density at radius 3 is 2.46 bits per heavy atom. The third-order valence-electron chi connectivity index (χ3n) is 7.89. The Morgan fingerprint density at radius 1 is 0.892 bits per heavy atom. The largest absolute Gasteiger partial charge is 0.393 e. The normalized spacial score (nSPS) is 20.7. The van der Waals surface area contributed by atoms with Crippen LogP contribution in [0.25, 0.3) is 27.8 Å². The Morgan fingerprint density at radius 2 is 1.68 bits per heavy atom. The van der Waals surface area contributed by atoms with Crippen molar-refractivity contribution in [2.45, 2.75) is 50.7 Å². The van der Waals surface area contributed by atoms with E-state index in [0.717, 1.165) is 37.0 Å². The average Bonchev–Trinajstić information content (AvgIpc) is 3.39. The van der Waals surface area contributed by atoms with E-state index < -0.39 is 0 Å². The van der Waals surface area contributed by atoms with E-state index in [2.05, 4.69) is 69.6 Å². The fourth-order valence-corrected chi connectivity index (χ4v) is 5.80. The number of aromatic nitrogens is 3. The van der Waals surface area contributed by atoms with Crippen molar-refractivity contribution in [2.24, 2.45) is 5.92 Å². The summed E-state index contributed by atoms with van der Waals surface area (Å²) in [6.07, 6.45) is 8.61. The summed E-state index contributed by atoms with van der Waals surface area (Å²) in [7, 11) is 0. The molecular weight excluding hydrogens is 462 g/mol. The molecular formula is C30H33N5O2. The molecule has 3 heterocycles. The van der Waals surface area contributed by atoms with Gasteiger partial charge in [0.05, 0.1) is 11.6 Å². The molecule has 0 bridgehead atoms. The number of amides is 1. The Balaban J connectivity index is 1.13. The van der Waals surface area contributed by atoms with E-state index in [4.69, 9.17) is 4.98 Å². The number of aliphatic hydroxyl groups excluding tert-OH is 1. The van der Waals surface area contributed by atoms with Crippen LogP contribution in [0.1, 0.15) is 38.5 Å². The Kier molecular flexibility index (Phi) is 6.62. The summed E-state index contributed by atoms with van der Waals surface area (Å²) >= 11 is 0. The maximum Gasteiger partial charge on any atom is 0.225 e. The Hall–Kier alpha value is -3.71. The lowest BCUT2D eigenvalue weighted by molar-refractivity contribution is -0.138. The topological polar surface area (TPSA) is 83.3 Å². The molecule has 7 heteroatoms. The number of likely N-dealkylation sites (tertiary alicyclic amines) is 1. The first-order valence-corrected chi connectivity index (χ1v) is 13.4. The van der Waals surface area contributed by atoms with E-state index in [-0.39, 0.29) is 24.0 Å². The summed E-state index contributed by atoms with van der Waals surface area (Å²) in [5.74, 6) is 1.80. The van der Waals surface area contributed by atoms with E-state index in [9.17, 15) is 9.90 Å². The van der Waals surface area contributed by atoms with E-state index >= 15 is 0 Å². The van der Waals surface area contributed by atoms with Gasteiger partial charge in [-0.05, 0) is 67.9 Å². The molecule has 7 nitrogen and oxygen atoms in total. The second kappa shape index (κ2) is 10.3. The summed E-state index contributed by atoms with van der Waals surface area (Å²) < 4.78 is 2.11. The quantitative estimate of drug-likeness (QED) is 0.405. The molecule has 190 valence electrons. The van der Waals surface area contributed by atoms with E-state index in [1.807, 2.05) is 17.0 Å². The van der Waals surface area contributed by atoms with E-state index in [1.165, 1.54) is 16.5 Å². The van der Waals surface area contributed by atoms with Crippen molar-refractivity contribution in [2.75, 3.05) is 18.4 Å². The minimum absolute atomic E-state index is 0.0885. The van der Waals surface area contributed by atoms with Crippen molar-refractivity contribution >= 4 is 22.8 Å². The van der Waals surface area contributed by atoms with Crippen LogP contribution < -0.4 is 5.32 Å². The van der Waals surface area contributed by atoms with Gasteiger partial charge in [0, 0.05) is 42.8 Å². The molecule has 2 aliphatic rings. The maximum atomic E-state index is 12.9. The zero-order valence-corrected chi connectivity index (χ0v) is 21.0. The van der Waals surface area contributed by atoms with E-state index in [1.54, 1.807) is 6.20 Å². The van der Waals surface area contributed by atoms with Crippen molar-refractivity contribution in [1.82, 2.24) is 19.4 Å². The highest BCUT2D eigenvalue weighted by molar-refractivity contribution is 5.96. The van der Waals surface area contributed by atoms with Crippen LogP contribution >= 0.6 is 0 Å². The van der Waals surface area contributed by atoms with E-state index in [0.29, 0.717) is 31.9 Å². The van der Waals surface area contributed by atoms with Crippen LogP contribution in [0, 0.1) is 5.92 Å². The molecule has 0 atom stereocenters. The van der Waals surface area contributed by atoms with Crippen LogP contribution in [0.2, 0.25) is 0 Å². The van der Waals surface area contributed by atoms with Gasteiger partial charge in [-0.15, -0.1) is 0 Å². The van der Waals surface area contributed by atoms with Crippen LogP contribution in [-0.2, 0) is 4.79 Å². The zero-order chi connectivity index (χ0) is 25.2. The molecule has 2 aromatic heterocycles. The average molecular weight is 496 g/mol. The van der Waals surface area contributed by atoms with Crippen molar-refractivity contribution in [3.8, 4) is 16.9 Å². The predicted octanol–water partition coefficient (Wildman–Crippen LogP) is 5.04. The molecule has 2 fully saturated rings. The number of rotatable bonds is 5. The molecule has 37 heavy (non-hydrogen) atoms. The predicted molar refractivity (Wildman–Crippen MR) is 145 cm³/mol. The number of hydrogen-bond donors (Lipinski definition) is 2. The van der Waals surface area contributed by atoms with Crippen molar-refractivity contribution in [3.63, 3.8) is 0 Å². The SMILES string of the molecule is O=C([C@H]1CC[C@H](Nc2nccc(-n3ccc4c(-c5ccccc5)cccc43)n2)CC1)N1CCC(O)CC1. The lowest BCUT2D eigenvalue weighted by Crippen LogP contribution is -2.44. The number of fused-ring (bicyclic) bond motifs is 1. The summed E-state index contributed by atoms with van der Waals surface area (Å²) in [5.41, 5.74) is 3.51. The smallest absolute Gasteiger partial charge is 0.225 e. The number of piperidine rings is 1. The number of nitrogens with one attached hydrogen (secondary N) is 1. The van der Waals surface area contributed by atoms with Crippen LogP contribution in [0.15, 0.2) is 73.1 Å². The molecule has 1 aliphatic heterocycles. The maximum absolute atomic E-state index is 12.9. The summed E-state index contributed by atoms with van der Waals surface area (Å²) in [4.78, 5) is 24.2. The molecule has 0 spiro atoms. The molecule has 6 rings (SSSR count). The van der Waals surface area contributed by atoms with Gasteiger partial charge in [0.2, 0.25) is 11.9 Å². The van der Waals surface area contributed by atoms with Gasteiger partial charge in [-0.25, -0.2) is 4.98 Å². The molecule has 1 saturated heterocycles. The van der Waals surface area contributed by atoms with Crippen LogP contribution in [0.5, 0.6) is 0 Å². The van der Waals surface area contributed by atoms with Crippen molar-refractivity contribution in [3.05, 3.63) is 73.1 Å². The molecule has 2 N–H and O–H groups in total. The molecule has 1 aliphatic carbocycles. The van der Waals surface area contributed by atoms with Crippen molar-refractivity contribution in [1.29, 1.82) is 0 Å². The third kappa shape index (κ3) is 4.96. The fourth-order valence-electron chi connectivity index (χ4n) is 5.80. The lowest BCUT2D eigenvalue weighted by Gasteiger charge is -2.35. The zero-order valence-electron chi connectivity index (χ0n) is 21.0. The van der Waals surface area contributed by atoms with Crippen LogP contribution in [-0.4, -0.2) is 55.7 Å². The Labute approximate surface area is 217 Å². The molecule has 2 aromatic carbocycles.